The molecule has 0 unspecified atom stereocenters. The van der Waals surface area contributed by atoms with Gasteiger partial charge < -0.3 is 14.6 Å². The third-order valence-corrected chi connectivity index (χ3v) is 5.70. The summed E-state index contributed by atoms with van der Waals surface area (Å²) in [5.74, 6) is 0.133. The minimum Gasteiger partial charge on any atom is -0.494 e. The molecule has 7 nitrogen and oxygen atoms in total. The molecule has 1 fully saturated rings. The van der Waals surface area contributed by atoms with Crippen LogP contribution in [0.2, 0.25) is 0 Å². The van der Waals surface area contributed by atoms with Crippen LogP contribution in [0.15, 0.2) is 46.3 Å². The second-order valence-corrected chi connectivity index (χ2v) is 7.70. The molecular weight excluding hydrogens is 416 g/mol. The molecular formula is C23H24N2O5S. The molecule has 1 amide bonds. The zero-order valence-electron chi connectivity index (χ0n) is 17.8. The fraction of sp³-hybridized carbons (Fsp3) is 0.261. The van der Waals surface area contributed by atoms with Crippen LogP contribution >= 0.6 is 11.8 Å². The lowest BCUT2D eigenvalue weighted by atomic mass is 10.1. The highest BCUT2D eigenvalue weighted by Gasteiger charge is 2.31. The van der Waals surface area contributed by atoms with Crippen molar-refractivity contribution >= 4 is 40.6 Å². The van der Waals surface area contributed by atoms with E-state index in [4.69, 9.17) is 9.47 Å². The molecule has 0 aliphatic carbocycles. The number of hydrogen-bond donors (Lipinski definition) is 1. The third-order valence-electron chi connectivity index (χ3n) is 4.64. The van der Waals surface area contributed by atoms with E-state index < -0.39 is 5.97 Å². The number of amidine groups is 1. The van der Waals surface area contributed by atoms with Gasteiger partial charge in [-0.1, -0.05) is 6.07 Å². The van der Waals surface area contributed by atoms with Gasteiger partial charge in [-0.2, -0.15) is 0 Å². The van der Waals surface area contributed by atoms with Crippen molar-refractivity contribution in [2.75, 3.05) is 20.3 Å². The van der Waals surface area contributed by atoms with Crippen molar-refractivity contribution in [3.8, 4) is 11.5 Å². The van der Waals surface area contributed by atoms with Crippen molar-refractivity contribution in [1.82, 2.24) is 4.90 Å². The Morgan fingerprint density at radius 2 is 1.94 bits per heavy atom. The SMILES string of the molecule is CCOc1ccc(/C=C2\SC(=Nc3cccc(C(=O)O)c3C)N(C)C2=O)c(OCC)c1. The minimum absolute atomic E-state index is 0.185. The summed E-state index contributed by atoms with van der Waals surface area (Å²) in [7, 11) is 1.65. The molecule has 2 aromatic rings. The van der Waals surface area contributed by atoms with Crippen LogP contribution in [-0.2, 0) is 4.79 Å². The van der Waals surface area contributed by atoms with Gasteiger partial charge in [0.25, 0.3) is 5.91 Å². The maximum Gasteiger partial charge on any atom is 0.336 e. The van der Waals surface area contributed by atoms with Gasteiger partial charge in [0.1, 0.15) is 11.5 Å². The van der Waals surface area contributed by atoms with Gasteiger partial charge in [-0.25, -0.2) is 9.79 Å². The highest BCUT2D eigenvalue weighted by atomic mass is 32.2. The fourth-order valence-electron chi connectivity index (χ4n) is 3.04. The molecule has 0 saturated carbocycles. The lowest BCUT2D eigenvalue weighted by Crippen LogP contribution is -2.23. The largest absolute Gasteiger partial charge is 0.494 e. The maximum atomic E-state index is 12.8. The van der Waals surface area contributed by atoms with Crippen LogP contribution in [0.5, 0.6) is 11.5 Å². The summed E-state index contributed by atoms with van der Waals surface area (Å²) in [6, 6.07) is 10.4. The Kier molecular flexibility index (Phi) is 7.02. The Bertz CT molecular complexity index is 1080. The van der Waals surface area contributed by atoms with Crippen LogP contribution in [0.1, 0.15) is 35.3 Å². The third kappa shape index (κ3) is 4.91. The first-order valence-electron chi connectivity index (χ1n) is 9.84. The van der Waals surface area contributed by atoms with Crippen LogP contribution in [-0.4, -0.2) is 47.3 Å². The number of rotatable bonds is 7. The van der Waals surface area contributed by atoms with Crippen LogP contribution in [0, 0.1) is 6.92 Å². The summed E-state index contributed by atoms with van der Waals surface area (Å²) in [5, 5.41) is 9.80. The molecule has 3 rings (SSSR count). The molecule has 2 aromatic carbocycles. The Morgan fingerprint density at radius 1 is 1.19 bits per heavy atom. The fourth-order valence-corrected chi connectivity index (χ4v) is 4.01. The number of amides is 1. The lowest BCUT2D eigenvalue weighted by molar-refractivity contribution is -0.121. The number of carbonyl (C=O) groups is 2. The quantitative estimate of drug-likeness (QED) is 0.627. The zero-order chi connectivity index (χ0) is 22.5. The number of carbonyl (C=O) groups excluding carboxylic acids is 1. The molecule has 0 radical (unpaired) electrons. The predicted molar refractivity (Wildman–Crippen MR) is 122 cm³/mol. The number of carboxylic acid groups (broad SMARTS) is 1. The first-order valence-corrected chi connectivity index (χ1v) is 10.7. The zero-order valence-corrected chi connectivity index (χ0v) is 18.7. The van der Waals surface area contributed by atoms with E-state index in [0.29, 0.717) is 46.0 Å². The molecule has 31 heavy (non-hydrogen) atoms. The van der Waals surface area contributed by atoms with E-state index in [-0.39, 0.29) is 11.5 Å². The Labute approximate surface area is 185 Å². The second kappa shape index (κ2) is 9.70. The second-order valence-electron chi connectivity index (χ2n) is 6.69. The number of aromatic carboxylic acids is 1. The minimum atomic E-state index is -1.01. The van der Waals surface area contributed by atoms with E-state index in [0.717, 1.165) is 5.56 Å². The van der Waals surface area contributed by atoms with E-state index in [1.807, 2.05) is 32.0 Å². The Hall–Kier alpha value is -3.26. The van der Waals surface area contributed by atoms with Crippen molar-refractivity contribution in [2.45, 2.75) is 20.8 Å². The number of likely N-dealkylation sites (N-methyl/N-ethyl adjacent to an activating group) is 1. The Morgan fingerprint density at radius 3 is 2.61 bits per heavy atom. The van der Waals surface area contributed by atoms with Gasteiger partial charge in [0.15, 0.2) is 5.17 Å². The van der Waals surface area contributed by atoms with Gasteiger partial charge in [0, 0.05) is 18.7 Å². The van der Waals surface area contributed by atoms with E-state index >= 15 is 0 Å². The molecule has 0 aromatic heterocycles. The highest BCUT2D eigenvalue weighted by Crippen LogP contribution is 2.36. The van der Waals surface area contributed by atoms with Crippen molar-refractivity contribution in [2.24, 2.45) is 4.99 Å². The van der Waals surface area contributed by atoms with E-state index in [9.17, 15) is 14.7 Å². The van der Waals surface area contributed by atoms with Gasteiger partial charge in [-0.3, -0.25) is 9.69 Å². The molecule has 0 spiro atoms. The summed E-state index contributed by atoms with van der Waals surface area (Å²) in [4.78, 5) is 30.7. The monoisotopic (exact) mass is 440 g/mol. The summed E-state index contributed by atoms with van der Waals surface area (Å²) in [6.45, 7) is 6.54. The number of aliphatic imine (C=N–C) groups is 1. The first kappa shape index (κ1) is 22.4. The average Bonchev–Trinajstić information content (AvgIpc) is 2.99. The maximum absolute atomic E-state index is 12.8. The number of nitrogens with zero attached hydrogens (tertiary/aromatic N) is 2. The highest BCUT2D eigenvalue weighted by molar-refractivity contribution is 8.18. The van der Waals surface area contributed by atoms with E-state index in [2.05, 4.69) is 4.99 Å². The van der Waals surface area contributed by atoms with Gasteiger partial charge in [-0.05, 0) is 68.4 Å². The smallest absolute Gasteiger partial charge is 0.336 e. The molecule has 1 aliphatic rings. The van der Waals surface area contributed by atoms with Gasteiger partial charge in [-0.15, -0.1) is 0 Å². The molecule has 0 atom stereocenters. The standard InChI is InChI=1S/C23H24N2O5S/c1-5-29-16-11-10-15(19(13-16)30-6-2)12-20-21(26)25(4)23(31-20)24-18-9-7-8-17(14(18)3)22(27)28/h7-13H,5-6H2,1-4H3,(H,27,28)/b20-12-,24-23?. The molecule has 1 N–H and O–H groups in total. The first-order chi connectivity index (χ1) is 14.8. The molecule has 162 valence electrons. The molecule has 1 saturated heterocycles. The van der Waals surface area contributed by atoms with E-state index in [1.54, 1.807) is 32.2 Å². The van der Waals surface area contributed by atoms with Gasteiger partial charge in [0.2, 0.25) is 0 Å². The Balaban J connectivity index is 1.95. The lowest BCUT2D eigenvalue weighted by Gasteiger charge is -2.10. The number of hydrogen-bond acceptors (Lipinski definition) is 6. The van der Waals surface area contributed by atoms with E-state index in [1.165, 1.54) is 22.7 Å². The number of thioether (sulfide) groups is 1. The molecule has 8 heteroatoms. The van der Waals surface area contributed by atoms with Crippen LogP contribution < -0.4 is 9.47 Å². The van der Waals surface area contributed by atoms with Crippen molar-refractivity contribution in [1.29, 1.82) is 0 Å². The van der Waals surface area contributed by atoms with Crippen molar-refractivity contribution < 1.29 is 24.2 Å². The van der Waals surface area contributed by atoms with Crippen molar-refractivity contribution in [3.63, 3.8) is 0 Å². The van der Waals surface area contributed by atoms with Crippen LogP contribution in [0.25, 0.3) is 6.08 Å². The number of benzene rings is 2. The van der Waals surface area contributed by atoms with Crippen molar-refractivity contribution in [3.05, 3.63) is 58.0 Å². The molecule has 1 heterocycles. The normalized spacial score (nSPS) is 16.3. The van der Waals surface area contributed by atoms with Gasteiger partial charge in [0.05, 0.1) is 29.4 Å². The summed E-state index contributed by atoms with van der Waals surface area (Å²) in [6.07, 6.45) is 1.77. The predicted octanol–water partition coefficient (Wildman–Crippen LogP) is 4.72. The van der Waals surface area contributed by atoms with Crippen LogP contribution in [0.4, 0.5) is 5.69 Å². The molecule has 0 bridgehead atoms. The number of ether oxygens (including phenoxy) is 2. The summed E-state index contributed by atoms with van der Waals surface area (Å²) in [5.41, 5.74) is 2.01. The average molecular weight is 441 g/mol. The van der Waals surface area contributed by atoms with Gasteiger partial charge >= 0.3 is 5.97 Å². The topological polar surface area (TPSA) is 88.4 Å². The summed E-state index contributed by atoms with van der Waals surface area (Å²) >= 11 is 1.23. The van der Waals surface area contributed by atoms with Crippen LogP contribution in [0.3, 0.4) is 0 Å². The molecule has 1 aliphatic heterocycles. The summed E-state index contributed by atoms with van der Waals surface area (Å²) < 4.78 is 11.3. The number of carboxylic acids is 1.